The molecule has 5 nitrogen and oxygen atoms in total. The molecule has 2 amide bonds. The van der Waals surface area contributed by atoms with Gasteiger partial charge >= 0.3 is 5.97 Å². The van der Waals surface area contributed by atoms with Gasteiger partial charge in [0.2, 0.25) is 0 Å². The minimum Gasteiger partial charge on any atom is -0.426 e. The summed E-state index contributed by atoms with van der Waals surface area (Å²) in [6, 6.07) is 14.3. The van der Waals surface area contributed by atoms with Crippen molar-refractivity contribution >= 4 is 17.8 Å². The molecule has 0 spiro atoms. The molecule has 0 aliphatic carbocycles. The van der Waals surface area contributed by atoms with E-state index < -0.39 is 0 Å². The second kappa shape index (κ2) is 8.16. The Hall–Kier alpha value is -2.95. The third kappa shape index (κ3) is 3.92. The summed E-state index contributed by atoms with van der Waals surface area (Å²) in [4.78, 5) is 38.1. The average Bonchev–Trinajstić information content (AvgIpc) is 2.93. The molecular weight excluding hydrogens is 342 g/mol. The van der Waals surface area contributed by atoms with Crippen LogP contribution in [-0.2, 0) is 4.79 Å². The fourth-order valence-electron chi connectivity index (χ4n) is 3.20. The van der Waals surface area contributed by atoms with Crippen molar-refractivity contribution in [1.29, 1.82) is 0 Å². The Balaban J connectivity index is 1.56. The third-order valence-electron chi connectivity index (χ3n) is 4.93. The van der Waals surface area contributed by atoms with Gasteiger partial charge in [-0.25, -0.2) is 0 Å². The van der Waals surface area contributed by atoms with Crippen molar-refractivity contribution in [2.24, 2.45) is 0 Å². The van der Waals surface area contributed by atoms with Crippen LogP contribution < -0.4 is 4.74 Å². The lowest BCUT2D eigenvalue weighted by Crippen LogP contribution is -2.31. The van der Waals surface area contributed by atoms with Crippen LogP contribution >= 0.6 is 0 Å². The van der Waals surface area contributed by atoms with Gasteiger partial charge in [0.15, 0.2) is 0 Å². The summed E-state index contributed by atoms with van der Waals surface area (Å²) in [5.41, 5.74) is 1.86. The van der Waals surface area contributed by atoms with E-state index in [0.717, 1.165) is 12.0 Å². The van der Waals surface area contributed by atoms with Gasteiger partial charge in [-0.2, -0.15) is 0 Å². The maximum Gasteiger partial charge on any atom is 0.311 e. The summed E-state index contributed by atoms with van der Waals surface area (Å²) in [6.07, 6.45) is 1.46. The number of esters is 1. The third-order valence-corrected chi connectivity index (χ3v) is 4.93. The smallest absolute Gasteiger partial charge is 0.311 e. The molecule has 3 rings (SSSR count). The van der Waals surface area contributed by atoms with Gasteiger partial charge in [-0.3, -0.25) is 19.3 Å². The first-order chi connectivity index (χ1) is 13.0. The van der Waals surface area contributed by atoms with Gasteiger partial charge in [0, 0.05) is 13.0 Å². The summed E-state index contributed by atoms with van der Waals surface area (Å²) in [5.74, 6) is -0.0792. The summed E-state index contributed by atoms with van der Waals surface area (Å²) >= 11 is 0. The topological polar surface area (TPSA) is 63.7 Å². The highest BCUT2D eigenvalue weighted by Gasteiger charge is 2.34. The fraction of sp³-hybridized carbons (Fsp3) is 0.318. The number of rotatable bonds is 7. The number of ether oxygens (including phenoxy) is 1. The quantitative estimate of drug-likeness (QED) is 0.419. The van der Waals surface area contributed by atoms with Crippen LogP contribution in [0.3, 0.4) is 0 Å². The molecule has 27 heavy (non-hydrogen) atoms. The molecule has 1 aliphatic rings. The Kier molecular flexibility index (Phi) is 5.69. The first kappa shape index (κ1) is 18.8. The van der Waals surface area contributed by atoms with Crippen LogP contribution in [0.1, 0.15) is 65.3 Å². The van der Waals surface area contributed by atoms with Crippen LogP contribution in [0.15, 0.2) is 48.5 Å². The van der Waals surface area contributed by atoms with E-state index in [9.17, 15) is 14.4 Å². The molecule has 1 aliphatic heterocycles. The van der Waals surface area contributed by atoms with Crippen molar-refractivity contribution < 1.29 is 19.1 Å². The molecule has 1 unspecified atom stereocenters. The molecule has 0 bridgehead atoms. The number of nitrogens with zero attached hydrogens (tertiary/aromatic N) is 1. The molecule has 0 radical (unpaired) electrons. The second-order valence-corrected chi connectivity index (χ2v) is 6.73. The van der Waals surface area contributed by atoms with Crippen LogP contribution in [-0.4, -0.2) is 29.2 Å². The van der Waals surface area contributed by atoms with Crippen molar-refractivity contribution in [2.75, 3.05) is 6.54 Å². The van der Waals surface area contributed by atoms with Gasteiger partial charge in [0.05, 0.1) is 11.1 Å². The summed E-state index contributed by atoms with van der Waals surface area (Å²) in [5, 5.41) is 0. The number of hydrogen-bond donors (Lipinski definition) is 0. The molecule has 0 saturated carbocycles. The van der Waals surface area contributed by atoms with Crippen molar-refractivity contribution in [1.82, 2.24) is 4.90 Å². The van der Waals surface area contributed by atoms with Gasteiger partial charge in [-0.1, -0.05) is 44.2 Å². The predicted octanol–water partition coefficient (Wildman–Crippen LogP) is 4.18. The highest BCUT2D eigenvalue weighted by atomic mass is 16.5. The first-order valence-electron chi connectivity index (χ1n) is 9.27. The molecule has 0 saturated heterocycles. The van der Waals surface area contributed by atoms with Gasteiger partial charge in [-0.05, 0) is 42.5 Å². The molecule has 1 atom stereocenters. The molecule has 140 valence electrons. The normalized spacial score (nSPS) is 14.2. The van der Waals surface area contributed by atoms with Crippen LogP contribution in [0.25, 0.3) is 0 Å². The lowest BCUT2D eigenvalue weighted by atomic mass is 9.98. The van der Waals surface area contributed by atoms with Crippen molar-refractivity contribution in [2.45, 2.75) is 39.0 Å². The Bertz CT molecular complexity index is 839. The van der Waals surface area contributed by atoms with Crippen LogP contribution in [0.5, 0.6) is 5.75 Å². The number of fused-ring (bicyclic) bond motifs is 1. The minimum atomic E-state index is -0.359. The number of hydrogen-bond acceptors (Lipinski definition) is 4. The zero-order valence-corrected chi connectivity index (χ0v) is 15.6. The number of benzene rings is 2. The lowest BCUT2D eigenvalue weighted by Gasteiger charge is -2.15. The zero-order chi connectivity index (χ0) is 19.4. The molecule has 0 fully saturated rings. The van der Waals surface area contributed by atoms with E-state index >= 15 is 0 Å². The van der Waals surface area contributed by atoms with E-state index in [4.69, 9.17) is 4.74 Å². The van der Waals surface area contributed by atoms with E-state index in [1.165, 1.54) is 4.90 Å². The van der Waals surface area contributed by atoms with Crippen molar-refractivity contribution in [3.8, 4) is 5.75 Å². The molecule has 2 aromatic carbocycles. The Labute approximate surface area is 158 Å². The number of carbonyl (C=O) groups is 3. The minimum absolute atomic E-state index is 0.141. The molecule has 5 heteroatoms. The number of imide groups is 1. The molecule has 0 N–H and O–H groups in total. The average molecular weight is 365 g/mol. The maximum absolute atomic E-state index is 12.3. The predicted molar refractivity (Wildman–Crippen MR) is 102 cm³/mol. The molecule has 1 heterocycles. The van der Waals surface area contributed by atoms with Gasteiger partial charge in [-0.15, -0.1) is 0 Å². The van der Waals surface area contributed by atoms with Crippen LogP contribution in [0.4, 0.5) is 0 Å². The standard InChI is InChI=1S/C22H23NO4/c1-3-15(2)16-9-6-7-12-19(16)27-20(24)13-8-14-23-21(25)17-10-4-5-11-18(17)22(23)26/h4-7,9-12,15H,3,8,13-14H2,1-2H3. The van der Waals surface area contributed by atoms with E-state index in [1.54, 1.807) is 30.3 Å². The van der Waals surface area contributed by atoms with Crippen LogP contribution in [0, 0.1) is 0 Å². The highest BCUT2D eigenvalue weighted by molar-refractivity contribution is 6.21. The van der Waals surface area contributed by atoms with E-state index in [1.807, 2.05) is 18.2 Å². The molecule has 2 aromatic rings. The van der Waals surface area contributed by atoms with Crippen molar-refractivity contribution in [3.05, 3.63) is 65.2 Å². The monoisotopic (exact) mass is 365 g/mol. The highest BCUT2D eigenvalue weighted by Crippen LogP contribution is 2.29. The largest absolute Gasteiger partial charge is 0.426 e. The zero-order valence-electron chi connectivity index (χ0n) is 15.6. The summed E-state index contributed by atoms with van der Waals surface area (Å²) in [7, 11) is 0. The van der Waals surface area contributed by atoms with Gasteiger partial charge in [0.25, 0.3) is 11.8 Å². The number of carbonyl (C=O) groups excluding carboxylic acids is 3. The SMILES string of the molecule is CCC(C)c1ccccc1OC(=O)CCCN1C(=O)c2ccccc2C1=O. The van der Waals surface area contributed by atoms with E-state index in [0.29, 0.717) is 29.2 Å². The maximum atomic E-state index is 12.3. The van der Waals surface area contributed by atoms with E-state index in [2.05, 4.69) is 13.8 Å². The van der Waals surface area contributed by atoms with Crippen LogP contribution in [0.2, 0.25) is 0 Å². The van der Waals surface area contributed by atoms with E-state index in [-0.39, 0.29) is 30.7 Å². The van der Waals surface area contributed by atoms with Gasteiger partial charge in [0.1, 0.15) is 5.75 Å². The number of amides is 2. The van der Waals surface area contributed by atoms with Gasteiger partial charge < -0.3 is 4.74 Å². The molecule has 0 aromatic heterocycles. The number of para-hydroxylation sites is 1. The van der Waals surface area contributed by atoms with Crippen molar-refractivity contribution in [3.63, 3.8) is 0 Å². The summed E-state index contributed by atoms with van der Waals surface area (Å²) in [6.45, 7) is 4.38. The molecular formula is C22H23NO4. The fourth-order valence-corrected chi connectivity index (χ4v) is 3.20. The Morgan fingerprint density at radius 1 is 1.00 bits per heavy atom. The lowest BCUT2D eigenvalue weighted by molar-refractivity contribution is -0.134. The Morgan fingerprint density at radius 3 is 2.22 bits per heavy atom. The Morgan fingerprint density at radius 2 is 1.59 bits per heavy atom. The first-order valence-corrected chi connectivity index (χ1v) is 9.27. The summed E-state index contributed by atoms with van der Waals surface area (Å²) < 4.78 is 5.52. The second-order valence-electron chi connectivity index (χ2n) is 6.73.